The molecule has 3 atom stereocenters. The van der Waals surface area contributed by atoms with E-state index in [1.54, 1.807) is 7.11 Å². The van der Waals surface area contributed by atoms with Gasteiger partial charge in [-0.05, 0) is 25.2 Å². The summed E-state index contributed by atoms with van der Waals surface area (Å²) in [6, 6.07) is 0.842. The van der Waals surface area contributed by atoms with E-state index in [-0.39, 0.29) is 6.10 Å². The summed E-state index contributed by atoms with van der Waals surface area (Å²) in [5, 5.41) is 0. The molecule has 1 saturated heterocycles. The fourth-order valence-electron chi connectivity index (χ4n) is 2.76. The monoisotopic (exact) mass is 184 g/mol. The lowest BCUT2D eigenvalue weighted by Gasteiger charge is -2.29. The Morgan fingerprint density at radius 2 is 2.38 bits per heavy atom. The molecule has 1 heterocycles. The zero-order valence-electron chi connectivity index (χ0n) is 8.41. The number of likely N-dealkylation sites (tertiary alicyclic amines) is 1. The third-order valence-electron chi connectivity index (χ3n) is 3.56. The zero-order valence-corrected chi connectivity index (χ0v) is 8.41. The van der Waals surface area contributed by atoms with Gasteiger partial charge in [0.05, 0.1) is 6.10 Å². The van der Waals surface area contributed by atoms with E-state index in [4.69, 9.17) is 10.5 Å². The van der Waals surface area contributed by atoms with Gasteiger partial charge in [0, 0.05) is 32.8 Å². The van der Waals surface area contributed by atoms with Crippen molar-refractivity contribution in [1.82, 2.24) is 4.90 Å². The maximum Gasteiger partial charge on any atom is 0.0820 e. The normalized spacial score (nSPS) is 35.5. The zero-order chi connectivity index (χ0) is 9.26. The van der Waals surface area contributed by atoms with E-state index < -0.39 is 0 Å². The lowest BCUT2D eigenvalue weighted by atomic mass is 10.1. The number of methoxy groups -OCH3 is 1. The number of nitrogens with two attached hydrogens (primary N) is 1. The Hall–Kier alpha value is -0.120. The Labute approximate surface area is 80.2 Å². The van der Waals surface area contributed by atoms with Crippen LogP contribution >= 0.6 is 0 Å². The molecule has 2 fully saturated rings. The summed E-state index contributed by atoms with van der Waals surface area (Å²) in [6.45, 7) is 2.96. The quantitative estimate of drug-likeness (QED) is 0.689. The summed E-state index contributed by atoms with van der Waals surface area (Å²) < 4.78 is 5.30. The molecule has 1 aliphatic heterocycles. The lowest BCUT2D eigenvalue weighted by molar-refractivity contribution is 0.0589. The average Bonchev–Trinajstić information content (AvgIpc) is 2.75. The van der Waals surface area contributed by atoms with Crippen molar-refractivity contribution in [2.75, 3.05) is 26.7 Å². The topological polar surface area (TPSA) is 38.5 Å². The molecule has 0 aromatic rings. The van der Waals surface area contributed by atoms with Crippen molar-refractivity contribution in [3.8, 4) is 0 Å². The van der Waals surface area contributed by atoms with Crippen LogP contribution in [0, 0.1) is 5.92 Å². The molecule has 3 unspecified atom stereocenters. The summed E-state index contributed by atoms with van der Waals surface area (Å²) in [5.41, 5.74) is 5.61. The van der Waals surface area contributed by atoms with Crippen molar-refractivity contribution in [2.24, 2.45) is 11.7 Å². The van der Waals surface area contributed by atoms with Crippen LogP contribution in [0.4, 0.5) is 0 Å². The molecule has 0 radical (unpaired) electrons. The third-order valence-corrected chi connectivity index (χ3v) is 3.56. The molecule has 0 amide bonds. The Morgan fingerprint density at radius 1 is 1.54 bits per heavy atom. The standard InChI is InChI=1S/C10H20N2O/c1-13-10(5-11)7-12-6-8-2-3-9(12)4-8/h8-10H,2-7,11H2,1H3. The largest absolute Gasteiger partial charge is 0.379 e. The van der Waals surface area contributed by atoms with E-state index in [0.29, 0.717) is 6.54 Å². The van der Waals surface area contributed by atoms with Crippen LogP contribution in [0.25, 0.3) is 0 Å². The smallest absolute Gasteiger partial charge is 0.0820 e. The van der Waals surface area contributed by atoms with Gasteiger partial charge in [-0.2, -0.15) is 0 Å². The highest BCUT2D eigenvalue weighted by Gasteiger charge is 2.38. The second-order valence-electron chi connectivity index (χ2n) is 4.38. The molecule has 76 valence electrons. The van der Waals surface area contributed by atoms with Gasteiger partial charge < -0.3 is 10.5 Å². The second kappa shape index (κ2) is 3.95. The van der Waals surface area contributed by atoms with Gasteiger partial charge in [-0.15, -0.1) is 0 Å². The van der Waals surface area contributed by atoms with Gasteiger partial charge in [-0.3, -0.25) is 4.90 Å². The summed E-state index contributed by atoms with van der Waals surface area (Å²) in [6.07, 6.45) is 4.49. The number of nitrogens with zero attached hydrogens (tertiary/aromatic N) is 1. The summed E-state index contributed by atoms with van der Waals surface area (Å²) in [4.78, 5) is 2.56. The average molecular weight is 184 g/mol. The molecule has 1 aliphatic carbocycles. The van der Waals surface area contributed by atoms with Crippen molar-refractivity contribution in [3.05, 3.63) is 0 Å². The Balaban J connectivity index is 1.82. The predicted molar refractivity (Wildman–Crippen MR) is 52.6 cm³/mol. The van der Waals surface area contributed by atoms with Crippen LogP contribution in [-0.2, 0) is 4.74 Å². The molecule has 0 aromatic carbocycles. The van der Waals surface area contributed by atoms with E-state index in [1.165, 1.54) is 25.8 Å². The molecule has 0 aromatic heterocycles. The molecule has 2 rings (SSSR count). The second-order valence-corrected chi connectivity index (χ2v) is 4.38. The summed E-state index contributed by atoms with van der Waals surface area (Å²) >= 11 is 0. The molecule has 1 saturated carbocycles. The first-order valence-electron chi connectivity index (χ1n) is 5.30. The van der Waals surface area contributed by atoms with Crippen LogP contribution in [0.2, 0.25) is 0 Å². The van der Waals surface area contributed by atoms with E-state index in [9.17, 15) is 0 Å². The highest BCUT2D eigenvalue weighted by Crippen LogP contribution is 2.37. The number of hydrogen-bond acceptors (Lipinski definition) is 3. The number of rotatable bonds is 4. The van der Waals surface area contributed by atoms with Gasteiger partial charge in [0.15, 0.2) is 0 Å². The molecule has 0 spiro atoms. The van der Waals surface area contributed by atoms with Gasteiger partial charge in [-0.25, -0.2) is 0 Å². The molecule has 13 heavy (non-hydrogen) atoms. The number of piperidine rings is 1. The van der Waals surface area contributed by atoms with Gasteiger partial charge in [-0.1, -0.05) is 0 Å². The fraction of sp³-hybridized carbons (Fsp3) is 1.00. The maximum atomic E-state index is 5.61. The van der Waals surface area contributed by atoms with Crippen LogP contribution in [-0.4, -0.2) is 43.8 Å². The molecule has 2 bridgehead atoms. The van der Waals surface area contributed by atoms with Crippen molar-refractivity contribution >= 4 is 0 Å². The number of hydrogen-bond donors (Lipinski definition) is 1. The van der Waals surface area contributed by atoms with E-state index in [2.05, 4.69) is 4.90 Å². The van der Waals surface area contributed by atoms with Crippen LogP contribution in [0.1, 0.15) is 19.3 Å². The minimum Gasteiger partial charge on any atom is -0.379 e. The van der Waals surface area contributed by atoms with Crippen molar-refractivity contribution in [2.45, 2.75) is 31.4 Å². The lowest BCUT2D eigenvalue weighted by Crippen LogP contribution is -2.41. The predicted octanol–water partition coefficient (Wildman–Crippen LogP) is 0.444. The molecule has 3 nitrogen and oxygen atoms in total. The first kappa shape index (κ1) is 9.44. The SMILES string of the molecule is COC(CN)CN1CC2CCC1C2. The molecular formula is C10H20N2O. The fourth-order valence-corrected chi connectivity index (χ4v) is 2.76. The van der Waals surface area contributed by atoms with Crippen LogP contribution < -0.4 is 5.73 Å². The highest BCUT2D eigenvalue weighted by atomic mass is 16.5. The van der Waals surface area contributed by atoms with E-state index in [0.717, 1.165) is 18.5 Å². The van der Waals surface area contributed by atoms with Crippen LogP contribution in [0.15, 0.2) is 0 Å². The van der Waals surface area contributed by atoms with E-state index >= 15 is 0 Å². The highest BCUT2D eigenvalue weighted by molar-refractivity contribution is 4.92. The molecular weight excluding hydrogens is 164 g/mol. The first-order valence-corrected chi connectivity index (χ1v) is 5.30. The minimum absolute atomic E-state index is 0.236. The van der Waals surface area contributed by atoms with E-state index in [1.807, 2.05) is 0 Å². The van der Waals surface area contributed by atoms with Crippen molar-refractivity contribution in [1.29, 1.82) is 0 Å². The number of fused-ring (bicyclic) bond motifs is 2. The van der Waals surface area contributed by atoms with Crippen LogP contribution in [0.3, 0.4) is 0 Å². The summed E-state index contributed by atoms with van der Waals surface area (Å²) in [5.74, 6) is 0.972. The third kappa shape index (κ3) is 1.87. The van der Waals surface area contributed by atoms with Crippen LogP contribution in [0.5, 0.6) is 0 Å². The molecule has 2 N–H and O–H groups in total. The Bertz CT molecular complexity index is 170. The van der Waals surface area contributed by atoms with Crippen molar-refractivity contribution < 1.29 is 4.74 Å². The molecule has 3 heteroatoms. The summed E-state index contributed by atoms with van der Waals surface area (Å²) in [7, 11) is 1.76. The van der Waals surface area contributed by atoms with Gasteiger partial charge in [0.1, 0.15) is 0 Å². The Morgan fingerprint density at radius 3 is 2.85 bits per heavy atom. The van der Waals surface area contributed by atoms with Gasteiger partial charge in [0.2, 0.25) is 0 Å². The molecule has 2 aliphatic rings. The maximum absolute atomic E-state index is 5.61. The van der Waals surface area contributed by atoms with Gasteiger partial charge in [0.25, 0.3) is 0 Å². The first-order chi connectivity index (χ1) is 6.33. The van der Waals surface area contributed by atoms with Gasteiger partial charge >= 0.3 is 0 Å². The number of ether oxygens (including phenoxy) is 1. The Kier molecular flexibility index (Phi) is 2.86. The minimum atomic E-state index is 0.236. The van der Waals surface area contributed by atoms with Crippen molar-refractivity contribution in [3.63, 3.8) is 0 Å².